The number of hydrogen-bond acceptors (Lipinski definition) is 6. The Kier molecular flexibility index (Phi) is 5.35. The molecule has 0 unspecified atom stereocenters. The quantitative estimate of drug-likeness (QED) is 0.667. The van der Waals surface area contributed by atoms with Crippen LogP contribution in [0, 0.1) is 0 Å². The molecule has 0 aliphatic heterocycles. The van der Waals surface area contributed by atoms with Crippen LogP contribution >= 0.6 is 23.3 Å². The largest absolute Gasteiger partial charge is 0.481 e. The van der Waals surface area contributed by atoms with Crippen molar-refractivity contribution in [2.24, 2.45) is 7.05 Å². The van der Waals surface area contributed by atoms with Crippen LogP contribution in [0.3, 0.4) is 0 Å². The van der Waals surface area contributed by atoms with Gasteiger partial charge in [0, 0.05) is 24.3 Å². The van der Waals surface area contributed by atoms with Crippen molar-refractivity contribution in [3.63, 3.8) is 0 Å². The van der Waals surface area contributed by atoms with E-state index in [1.807, 2.05) is 0 Å². The molecule has 2 heterocycles. The van der Waals surface area contributed by atoms with Gasteiger partial charge in [-0.2, -0.15) is 17.5 Å². The predicted molar refractivity (Wildman–Crippen MR) is 99.3 cm³/mol. The van der Waals surface area contributed by atoms with Gasteiger partial charge in [-0.1, -0.05) is 0 Å². The zero-order valence-electron chi connectivity index (χ0n) is 14.2. The number of rotatable bonds is 5. The Bertz CT molecular complexity index is 1180. The molecule has 148 valence electrons. The summed E-state index contributed by atoms with van der Waals surface area (Å²) in [6, 6.07) is 4.93. The molecule has 3 aromatic rings. The van der Waals surface area contributed by atoms with Crippen LogP contribution in [0.2, 0.25) is 0 Å². The van der Waals surface area contributed by atoms with Crippen molar-refractivity contribution in [1.29, 1.82) is 0 Å². The molecule has 0 bridgehead atoms. The van der Waals surface area contributed by atoms with Crippen LogP contribution < -0.4 is 11.2 Å². The van der Waals surface area contributed by atoms with E-state index in [4.69, 9.17) is 5.11 Å². The van der Waals surface area contributed by atoms with E-state index in [9.17, 15) is 27.6 Å². The molecule has 0 atom stereocenters. The van der Waals surface area contributed by atoms with Crippen molar-refractivity contribution in [1.82, 2.24) is 13.5 Å². The molecule has 0 aliphatic carbocycles. The topological polar surface area (TPSA) is 94.2 Å². The first-order chi connectivity index (χ1) is 13.1. The van der Waals surface area contributed by atoms with Crippen LogP contribution in [0.1, 0.15) is 11.4 Å². The lowest BCUT2D eigenvalue weighted by atomic mass is 10.2. The van der Waals surface area contributed by atoms with Gasteiger partial charge in [0.2, 0.25) is 0 Å². The highest BCUT2D eigenvalue weighted by Crippen LogP contribution is 2.29. The van der Waals surface area contributed by atoms with Gasteiger partial charge in [-0.3, -0.25) is 14.2 Å². The third kappa shape index (κ3) is 3.83. The maximum Gasteiger partial charge on any atom is 0.431 e. The van der Waals surface area contributed by atoms with E-state index in [1.165, 1.54) is 12.1 Å². The Labute approximate surface area is 163 Å². The second kappa shape index (κ2) is 7.43. The molecule has 28 heavy (non-hydrogen) atoms. The fourth-order valence-corrected chi connectivity index (χ4v) is 4.14. The Hall–Kier alpha value is -2.60. The summed E-state index contributed by atoms with van der Waals surface area (Å²) in [5.41, 5.74) is -2.87. The second-order valence-electron chi connectivity index (χ2n) is 5.74. The van der Waals surface area contributed by atoms with E-state index in [2.05, 4.69) is 4.37 Å². The Morgan fingerprint density at radius 1 is 1.29 bits per heavy atom. The van der Waals surface area contributed by atoms with E-state index in [-0.39, 0.29) is 11.4 Å². The van der Waals surface area contributed by atoms with E-state index in [1.54, 1.807) is 6.07 Å². The minimum Gasteiger partial charge on any atom is -0.481 e. The highest BCUT2D eigenvalue weighted by molar-refractivity contribution is 7.99. The molecule has 0 spiro atoms. The zero-order chi connectivity index (χ0) is 20.6. The summed E-state index contributed by atoms with van der Waals surface area (Å²) in [7, 11) is 0.944. The number of aliphatic carboxylic acids is 1. The van der Waals surface area contributed by atoms with Crippen molar-refractivity contribution >= 4 is 39.3 Å². The number of fused-ring (bicyclic) bond motifs is 1. The third-order valence-corrected chi connectivity index (χ3v) is 5.65. The summed E-state index contributed by atoms with van der Waals surface area (Å²) in [5, 5.41) is 9.33. The number of alkyl halides is 3. The lowest BCUT2D eigenvalue weighted by Crippen LogP contribution is -2.40. The first-order valence-corrected chi connectivity index (χ1v) is 9.61. The van der Waals surface area contributed by atoms with Gasteiger partial charge in [-0.15, -0.1) is 11.8 Å². The number of carboxylic acids is 1. The lowest BCUT2D eigenvalue weighted by molar-refractivity contribution is -0.144. The zero-order valence-corrected chi connectivity index (χ0v) is 15.8. The lowest BCUT2D eigenvalue weighted by Gasteiger charge is -2.14. The average Bonchev–Trinajstić information content (AvgIpc) is 2.99. The number of nitrogens with zero attached hydrogens (tertiary/aromatic N) is 3. The summed E-state index contributed by atoms with van der Waals surface area (Å²) in [6.07, 6.45) is -4.83. The maximum absolute atomic E-state index is 13.0. The predicted octanol–water partition coefficient (Wildman–Crippen LogP) is 2.48. The molecule has 12 heteroatoms. The van der Waals surface area contributed by atoms with Gasteiger partial charge in [0.15, 0.2) is 0 Å². The summed E-state index contributed by atoms with van der Waals surface area (Å²) < 4.78 is 45.0. The molecule has 0 fully saturated rings. The molecule has 2 aromatic heterocycles. The number of halogens is 3. The minimum atomic E-state index is -4.83. The number of thioether (sulfide) groups is 1. The van der Waals surface area contributed by atoms with Crippen LogP contribution in [0.15, 0.2) is 33.9 Å². The SMILES string of the molecule is Cn1c(C(F)(F)F)cc(=O)n(-c2ccc3snc(CSCC(=O)O)c3c2)c1=O. The van der Waals surface area contributed by atoms with E-state index < -0.39 is 29.1 Å². The van der Waals surface area contributed by atoms with Gasteiger partial charge in [-0.05, 0) is 29.7 Å². The summed E-state index contributed by atoms with van der Waals surface area (Å²) in [6.45, 7) is 0. The molecule has 1 aromatic carbocycles. The van der Waals surface area contributed by atoms with Crippen LogP contribution in [0.5, 0.6) is 0 Å². The summed E-state index contributed by atoms with van der Waals surface area (Å²) >= 11 is 2.30. The first kappa shape index (κ1) is 20.1. The van der Waals surface area contributed by atoms with Gasteiger partial charge in [0.25, 0.3) is 5.56 Å². The van der Waals surface area contributed by atoms with Gasteiger partial charge < -0.3 is 5.11 Å². The van der Waals surface area contributed by atoms with Crippen molar-refractivity contribution in [3.8, 4) is 5.69 Å². The molecule has 1 N–H and O–H groups in total. The van der Waals surface area contributed by atoms with Gasteiger partial charge in [0.1, 0.15) is 5.69 Å². The molecule has 0 saturated heterocycles. The van der Waals surface area contributed by atoms with Gasteiger partial charge in [-0.25, -0.2) is 9.36 Å². The Morgan fingerprint density at radius 3 is 2.64 bits per heavy atom. The van der Waals surface area contributed by atoms with E-state index in [0.29, 0.717) is 32.0 Å². The molecule has 3 rings (SSSR count). The highest BCUT2D eigenvalue weighted by Gasteiger charge is 2.35. The first-order valence-electron chi connectivity index (χ1n) is 7.68. The van der Waals surface area contributed by atoms with Crippen LogP contribution in [-0.4, -0.2) is 30.3 Å². The number of hydrogen-bond donors (Lipinski definition) is 1. The molecule has 0 radical (unpaired) electrons. The highest BCUT2D eigenvalue weighted by atomic mass is 32.2. The minimum absolute atomic E-state index is 0.108. The number of benzene rings is 1. The van der Waals surface area contributed by atoms with Crippen molar-refractivity contribution < 1.29 is 23.1 Å². The third-order valence-electron chi connectivity index (χ3n) is 3.86. The molecule has 0 aliphatic rings. The van der Waals surface area contributed by atoms with Crippen LogP contribution in [0.25, 0.3) is 15.8 Å². The fourth-order valence-electron chi connectivity index (χ4n) is 2.59. The normalized spacial score (nSPS) is 11.9. The molecular weight excluding hydrogens is 419 g/mol. The standard InChI is InChI=1S/C16H12F3N3O4S2/c1-21-12(16(17,18)19)5-13(23)22(15(21)26)8-2-3-11-9(4-8)10(20-28-11)6-27-7-14(24)25/h2-5H,6-7H2,1H3,(H,24,25). The van der Waals surface area contributed by atoms with Crippen molar-refractivity contribution in [2.75, 3.05) is 5.75 Å². The Morgan fingerprint density at radius 2 is 2.00 bits per heavy atom. The maximum atomic E-state index is 13.0. The monoisotopic (exact) mass is 431 g/mol. The number of carboxylic acid groups (broad SMARTS) is 1. The van der Waals surface area contributed by atoms with E-state index in [0.717, 1.165) is 35.0 Å². The van der Waals surface area contributed by atoms with Crippen molar-refractivity contribution in [3.05, 3.63) is 56.5 Å². The van der Waals surface area contributed by atoms with Crippen molar-refractivity contribution in [2.45, 2.75) is 11.9 Å². The molecule has 0 saturated carbocycles. The molecular formula is C16H12F3N3O4S2. The van der Waals surface area contributed by atoms with E-state index >= 15 is 0 Å². The van der Waals surface area contributed by atoms with Crippen LogP contribution in [-0.2, 0) is 23.8 Å². The van der Waals surface area contributed by atoms with Gasteiger partial charge >= 0.3 is 17.8 Å². The second-order valence-corrected chi connectivity index (χ2v) is 7.53. The number of carbonyl (C=O) groups is 1. The average molecular weight is 431 g/mol. The Balaban J connectivity index is 2.09. The van der Waals surface area contributed by atoms with Crippen LogP contribution in [0.4, 0.5) is 13.2 Å². The van der Waals surface area contributed by atoms with Gasteiger partial charge in [0.05, 0.1) is 21.8 Å². The molecule has 0 amide bonds. The molecule has 7 nitrogen and oxygen atoms in total. The smallest absolute Gasteiger partial charge is 0.431 e. The number of aromatic nitrogens is 3. The summed E-state index contributed by atoms with van der Waals surface area (Å²) in [4.78, 5) is 35.3. The summed E-state index contributed by atoms with van der Waals surface area (Å²) in [5.74, 6) is -0.780. The fraction of sp³-hybridized carbons (Fsp3) is 0.250.